The van der Waals surface area contributed by atoms with Gasteiger partial charge in [-0.3, -0.25) is 44.7 Å². The lowest BCUT2D eigenvalue weighted by Gasteiger charge is -2.37. The molecule has 9 heterocycles. The van der Waals surface area contributed by atoms with Crippen LogP contribution >= 0.6 is 10.7 Å². The Morgan fingerprint density at radius 2 is 0.720 bits per heavy atom. The van der Waals surface area contributed by atoms with Gasteiger partial charge in [-0.05, 0) is 173 Å². The first-order chi connectivity index (χ1) is 60.0. The molecule has 3 aliphatic rings. The molecule has 14 aromatic rings. The van der Waals surface area contributed by atoms with Crippen molar-refractivity contribution >= 4 is 156 Å². The number of rotatable bonds is 18. The zero-order valence-corrected chi connectivity index (χ0v) is 71.0. The molecule has 0 spiro atoms. The average molecular weight is 1750 g/mol. The van der Waals surface area contributed by atoms with Gasteiger partial charge in [-0.2, -0.15) is 4.31 Å². The smallest absolute Gasteiger partial charge is 0.410 e. The Morgan fingerprint density at radius 1 is 0.392 bits per heavy atom. The van der Waals surface area contributed by atoms with E-state index in [1.807, 2.05) is 157 Å². The van der Waals surface area contributed by atoms with Gasteiger partial charge < -0.3 is 75.5 Å². The van der Waals surface area contributed by atoms with Crippen LogP contribution in [0.15, 0.2) is 217 Å². The van der Waals surface area contributed by atoms with Gasteiger partial charge in [0.05, 0.1) is 61.9 Å². The van der Waals surface area contributed by atoms with Gasteiger partial charge in [-0.25, -0.2) is 51.5 Å². The van der Waals surface area contributed by atoms with Crippen LogP contribution in [0.1, 0.15) is 100 Å². The molecule has 7 amide bonds. The van der Waals surface area contributed by atoms with E-state index in [9.17, 15) is 50.4 Å². The molecule has 0 radical (unpaired) electrons. The standard InChI is InChI=1S/C29H28N8O4S.C28H32N8O4.C23H24N8O2.C6H5ClO2S/c1-19-17-20(36-13-15-37(16-14-36)42(40,41)21-7-3-2-4-8-21)11-12-22(19)32-27(38)25-26(31-18-30-25)28(39)35-29-33-23-9-5-6-10-24(23)34-29;1-17-15-18(35-11-13-36(14-12-35)27(39)40-28(2,3)4)9-10-19(17)31-24(37)22-23(30-16-29-22)25(38)34-26-32-20-7-5-6-8-21(20)33-26;1-14-12-15(31-10-8-24-9-11-31)6-7-16(14)27-21(32)19-20(26-13-25-19)22(33)30-23-28-17-4-2-3-5-18(17)29-23;7-10(8,9)6-4-2-1-3-5-6/h2-12,17-18H,13-16H2,1H3,(H,30,31)(H,32,38)(H2,33,34,35,39);5-10,15-16H,11-14H2,1-4H3,(H,29,30)(H,31,37)(H2,32,33,34,38);2-7,12-13,24H,8-11H2,1H3,(H,25,26)(H,27,32)(H2,28,29,30,33);1-5H. The molecule has 17 rings (SSSR count). The highest BCUT2D eigenvalue weighted by atomic mass is 35.7. The number of piperazine rings is 3. The van der Waals surface area contributed by atoms with E-state index in [-0.39, 0.29) is 57.0 Å². The summed E-state index contributed by atoms with van der Waals surface area (Å²) in [4.78, 5) is 141. The number of hydrogen-bond acceptors (Lipinski definition) is 22. The van der Waals surface area contributed by atoms with Gasteiger partial charge in [0, 0.05) is 123 Å². The number of halogens is 1. The number of nitrogens with one attached hydrogen (secondary N) is 13. The number of para-hydroxylation sites is 6. The molecule has 8 aromatic carbocycles. The van der Waals surface area contributed by atoms with Gasteiger partial charge in [0.2, 0.25) is 27.9 Å². The number of aryl methyl sites for hydroxylation is 3. The second-order valence-corrected chi connectivity index (χ2v) is 34.6. The van der Waals surface area contributed by atoms with Crippen molar-refractivity contribution in [2.75, 3.05) is 125 Å². The average Bonchev–Trinajstić information content (AvgIpc) is 1.61. The predicted octanol–water partition coefficient (Wildman–Crippen LogP) is 11.9. The van der Waals surface area contributed by atoms with E-state index in [1.54, 1.807) is 59.5 Å². The van der Waals surface area contributed by atoms with Crippen LogP contribution in [0.3, 0.4) is 0 Å². The molecule has 0 atom stereocenters. The number of benzene rings is 8. The molecular formula is C86H89ClN24O12S2. The Balaban J connectivity index is 0.000000145. The third-order valence-corrected chi connectivity index (χ3v) is 23.6. The highest BCUT2D eigenvalue weighted by molar-refractivity contribution is 8.13. The lowest BCUT2D eigenvalue weighted by Crippen LogP contribution is -2.50. The fourth-order valence-electron chi connectivity index (χ4n) is 13.9. The molecule has 39 heteroatoms. The van der Waals surface area contributed by atoms with Crippen molar-refractivity contribution in [3.05, 3.63) is 258 Å². The Kier molecular flexibility index (Phi) is 26.5. The van der Waals surface area contributed by atoms with E-state index in [2.05, 4.69) is 118 Å². The number of imidazole rings is 6. The van der Waals surface area contributed by atoms with E-state index in [0.717, 1.165) is 82.0 Å². The second-order valence-electron chi connectivity index (χ2n) is 30.1. The van der Waals surface area contributed by atoms with Gasteiger partial charge in [-0.15, -0.1) is 0 Å². The van der Waals surface area contributed by atoms with Crippen molar-refractivity contribution in [3.63, 3.8) is 0 Å². The minimum atomic E-state index is -3.53. The quantitative estimate of drug-likeness (QED) is 0.0355. The number of H-pyrrole nitrogens is 6. The molecule has 3 saturated heterocycles. The maximum Gasteiger partial charge on any atom is 0.410 e. The van der Waals surface area contributed by atoms with Crippen LogP contribution in [0, 0.1) is 20.8 Å². The van der Waals surface area contributed by atoms with Crippen molar-refractivity contribution in [2.24, 2.45) is 0 Å². The fraction of sp³-hybridized carbons (Fsp3) is 0.221. The lowest BCUT2D eigenvalue weighted by molar-refractivity contribution is 0.0240. The minimum absolute atomic E-state index is 0.00514. The van der Waals surface area contributed by atoms with Gasteiger partial charge in [0.25, 0.3) is 44.5 Å². The molecular weight excluding hydrogens is 1660 g/mol. The molecule has 125 heavy (non-hydrogen) atoms. The summed E-state index contributed by atoms with van der Waals surface area (Å²) in [6.07, 6.45) is 3.61. The highest BCUT2D eigenvalue weighted by Gasteiger charge is 2.32. The summed E-state index contributed by atoms with van der Waals surface area (Å²) in [6.45, 7) is 19.3. The molecule has 3 aliphatic heterocycles. The Bertz CT molecular complexity index is 6420. The van der Waals surface area contributed by atoms with Crippen molar-refractivity contribution in [2.45, 2.75) is 56.9 Å². The molecule has 644 valence electrons. The van der Waals surface area contributed by atoms with E-state index in [1.165, 1.54) is 35.4 Å². The van der Waals surface area contributed by atoms with Gasteiger partial charge >= 0.3 is 6.09 Å². The number of fused-ring (bicyclic) bond motifs is 3. The van der Waals surface area contributed by atoms with Gasteiger partial charge in [0.1, 0.15) is 22.7 Å². The molecule has 13 N–H and O–H groups in total. The first-order valence-electron chi connectivity index (χ1n) is 39.7. The molecule has 0 saturated carbocycles. The predicted molar refractivity (Wildman–Crippen MR) is 477 cm³/mol. The number of aromatic amines is 6. The van der Waals surface area contributed by atoms with Crippen molar-refractivity contribution < 1.29 is 55.1 Å². The van der Waals surface area contributed by atoms with Crippen molar-refractivity contribution in [1.82, 2.24) is 74.3 Å². The second kappa shape index (κ2) is 38.2. The number of nitrogens with zero attached hydrogens (tertiary/aromatic N) is 11. The number of aromatic nitrogens is 12. The summed E-state index contributed by atoms with van der Waals surface area (Å²) >= 11 is 0. The third kappa shape index (κ3) is 21.5. The summed E-state index contributed by atoms with van der Waals surface area (Å²) in [6, 6.07) is 55.8. The number of sulfonamides is 1. The molecule has 0 unspecified atom stereocenters. The highest BCUT2D eigenvalue weighted by Crippen LogP contribution is 2.31. The van der Waals surface area contributed by atoms with Crippen LogP contribution in [0.5, 0.6) is 0 Å². The monoisotopic (exact) mass is 1750 g/mol. The van der Waals surface area contributed by atoms with Crippen molar-refractivity contribution in [3.8, 4) is 0 Å². The van der Waals surface area contributed by atoms with Crippen LogP contribution in [0.25, 0.3) is 33.1 Å². The van der Waals surface area contributed by atoms with Crippen molar-refractivity contribution in [1.29, 1.82) is 0 Å². The number of amides is 7. The Labute approximate surface area is 721 Å². The van der Waals surface area contributed by atoms with E-state index >= 15 is 0 Å². The number of carbonyl (C=O) groups excluding carboxylic acids is 7. The first kappa shape index (κ1) is 86.8. The lowest BCUT2D eigenvalue weighted by atomic mass is 10.1. The molecule has 0 bridgehead atoms. The Morgan fingerprint density at radius 3 is 1.05 bits per heavy atom. The van der Waals surface area contributed by atoms with Crippen LogP contribution < -0.4 is 51.9 Å². The van der Waals surface area contributed by atoms with E-state index < -0.39 is 60.1 Å². The maximum absolute atomic E-state index is 13.1. The zero-order valence-electron chi connectivity index (χ0n) is 68.6. The summed E-state index contributed by atoms with van der Waals surface area (Å²) in [7, 11) is -2.03. The van der Waals surface area contributed by atoms with E-state index in [4.69, 9.17) is 15.4 Å². The van der Waals surface area contributed by atoms with E-state index in [0.29, 0.717) is 91.3 Å². The normalized spacial score (nSPS) is 13.7. The van der Waals surface area contributed by atoms with Crippen LogP contribution in [-0.2, 0) is 23.8 Å². The Hall–Kier alpha value is -14.6. The number of anilines is 9. The SMILES string of the molecule is Cc1cc(N2CCN(C(=O)OC(C)(C)C)CC2)ccc1NC(=O)c1nc[nH]c1C(=O)Nc1nc2ccccc2[nH]1.Cc1cc(N2CCN(S(=O)(=O)c3ccccc3)CC2)ccc1NC(=O)c1nc[nH]c1C(=O)Nc1nc2ccccc2[nH]1.Cc1cc(N2CCNCC2)ccc1NC(=O)c1nc[nH]c1C(=O)Nc1nc2ccccc2[nH]1.O=S(=O)(Cl)c1ccccc1. The number of ether oxygens (including phenoxy) is 1. The first-order valence-corrected chi connectivity index (χ1v) is 43.4. The zero-order chi connectivity index (χ0) is 88.1. The van der Waals surface area contributed by atoms with Gasteiger partial charge in [0.15, 0.2) is 17.1 Å². The summed E-state index contributed by atoms with van der Waals surface area (Å²) in [5, 5.41) is 19.9. The maximum atomic E-state index is 13.1. The summed E-state index contributed by atoms with van der Waals surface area (Å²) < 4.78 is 54.1. The van der Waals surface area contributed by atoms with Crippen LogP contribution in [-0.4, -0.2) is 212 Å². The third-order valence-electron chi connectivity index (χ3n) is 20.3. The van der Waals surface area contributed by atoms with Gasteiger partial charge in [-0.1, -0.05) is 72.8 Å². The number of hydrogen-bond donors (Lipinski definition) is 13. The largest absolute Gasteiger partial charge is 0.444 e. The van der Waals surface area contributed by atoms with Crippen LogP contribution in [0.2, 0.25) is 0 Å². The van der Waals surface area contributed by atoms with Crippen LogP contribution in [0.4, 0.5) is 56.8 Å². The molecule has 36 nitrogen and oxygen atoms in total. The fourth-order valence-corrected chi connectivity index (χ4v) is 16.1. The number of carbonyl (C=O) groups is 7. The topological polar surface area (TPSA) is 469 Å². The molecule has 0 aliphatic carbocycles. The summed E-state index contributed by atoms with van der Waals surface area (Å²) in [5.74, 6) is -2.32. The summed E-state index contributed by atoms with van der Waals surface area (Å²) in [5.41, 5.74) is 11.5. The molecule has 6 aromatic heterocycles. The molecule has 3 fully saturated rings. The minimum Gasteiger partial charge on any atom is -0.444 e.